The molecular formula is C22H25ClN4O3. The first-order valence-corrected chi connectivity index (χ1v) is 10.3. The summed E-state index contributed by atoms with van der Waals surface area (Å²) in [7, 11) is 1.94. The number of benzene rings is 1. The number of aromatic nitrogens is 2. The molecule has 0 atom stereocenters. The van der Waals surface area contributed by atoms with Crippen LogP contribution in [-0.4, -0.2) is 51.7 Å². The molecule has 30 heavy (non-hydrogen) atoms. The lowest BCUT2D eigenvalue weighted by Crippen LogP contribution is -2.48. The second-order valence-corrected chi connectivity index (χ2v) is 7.93. The maximum absolute atomic E-state index is 12.8. The SMILES string of the molecule is Cc1nn(C)cc1CN1CCN(C(=O)c2ccc(COc3cccc(Cl)c3)o2)CC1. The van der Waals surface area contributed by atoms with Crippen LogP contribution < -0.4 is 4.74 Å². The van der Waals surface area contributed by atoms with Gasteiger partial charge >= 0.3 is 0 Å². The molecule has 0 saturated carbocycles. The summed E-state index contributed by atoms with van der Waals surface area (Å²) in [5.74, 6) is 1.52. The molecule has 1 aliphatic heterocycles. The third kappa shape index (κ3) is 4.86. The van der Waals surface area contributed by atoms with Crippen LogP contribution in [0.15, 0.2) is 47.0 Å². The molecule has 1 amide bonds. The van der Waals surface area contributed by atoms with Crippen molar-refractivity contribution in [1.29, 1.82) is 0 Å². The summed E-state index contributed by atoms with van der Waals surface area (Å²) in [6, 6.07) is 10.7. The van der Waals surface area contributed by atoms with Crippen LogP contribution in [0.5, 0.6) is 5.75 Å². The first-order chi connectivity index (χ1) is 14.5. The Balaban J connectivity index is 1.28. The molecule has 0 aliphatic carbocycles. The highest BCUT2D eigenvalue weighted by Crippen LogP contribution is 2.20. The van der Waals surface area contributed by atoms with Gasteiger partial charge in [-0.15, -0.1) is 0 Å². The number of rotatable bonds is 6. The van der Waals surface area contributed by atoms with E-state index in [-0.39, 0.29) is 12.5 Å². The smallest absolute Gasteiger partial charge is 0.289 e. The fraction of sp³-hybridized carbons (Fsp3) is 0.364. The summed E-state index contributed by atoms with van der Waals surface area (Å²) >= 11 is 5.96. The van der Waals surface area contributed by atoms with Gasteiger partial charge in [0, 0.05) is 56.6 Å². The number of carbonyl (C=O) groups excluding carboxylic acids is 1. The Bertz CT molecular complexity index is 1020. The number of amides is 1. The zero-order valence-electron chi connectivity index (χ0n) is 17.2. The van der Waals surface area contributed by atoms with E-state index in [0.717, 1.165) is 25.3 Å². The molecule has 4 rings (SSSR count). The van der Waals surface area contributed by atoms with Gasteiger partial charge in [0.2, 0.25) is 0 Å². The van der Waals surface area contributed by atoms with E-state index >= 15 is 0 Å². The Morgan fingerprint density at radius 3 is 2.70 bits per heavy atom. The zero-order chi connectivity index (χ0) is 21.1. The fourth-order valence-electron chi connectivity index (χ4n) is 3.59. The molecule has 0 spiro atoms. The maximum atomic E-state index is 12.8. The van der Waals surface area contributed by atoms with Crippen LogP contribution >= 0.6 is 11.6 Å². The Hall–Kier alpha value is -2.77. The molecule has 1 fully saturated rings. The highest BCUT2D eigenvalue weighted by Gasteiger charge is 2.25. The molecule has 0 bridgehead atoms. The lowest BCUT2D eigenvalue weighted by atomic mass is 10.2. The van der Waals surface area contributed by atoms with Crippen LogP contribution in [0.25, 0.3) is 0 Å². The van der Waals surface area contributed by atoms with Gasteiger partial charge in [0.15, 0.2) is 5.76 Å². The molecule has 0 unspecified atom stereocenters. The molecule has 0 radical (unpaired) electrons. The summed E-state index contributed by atoms with van der Waals surface area (Å²) < 4.78 is 13.2. The van der Waals surface area contributed by atoms with Gasteiger partial charge in [-0.1, -0.05) is 17.7 Å². The Morgan fingerprint density at radius 1 is 1.20 bits per heavy atom. The number of halogens is 1. The molecule has 8 heteroatoms. The van der Waals surface area contributed by atoms with E-state index in [9.17, 15) is 4.79 Å². The van der Waals surface area contributed by atoms with Crippen LogP contribution in [0, 0.1) is 6.92 Å². The van der Waals surface area contributed by atoms with Crippen molar-refractivity contribution in [3.63, 3.8) is 0 Å². The fourth-order valence-corrected chi connectivity index (χ4v) is 3.77. The van der Waals surface area contributed by atoms with Crippen molar-refractivity contribution in [2.45, 2.75) is 20.1 Å². The van der Waals surface area contributed by atoms with Gasteiger partial charge in [0.25, 0.3) is 5.91 Å². The van der Waals surface area contributed by atoms with Gasteiger partial charge in [0.05, 0.1) is 5.69 Å². The van der Waals surface area contributed by atoms with Crippen molar-refractivity contribution in [3.8, 4) is 5.75 Å². The van der Waals surface area contributed by atoms with E-state index in [1.54, 1.807) is 24.3 Å². The van der Waals surface area contributed by atoms with Crippen molar-refractivity contribution >= 4 is 17.5 Å². The normalized spacial score (nSPS) is 14.8. The first kappa shape index (κ1) is 20.5. The monoisotopic (exact) mass is 428 g/mol. The van der Waals surface area contributed by atoms with Crippen molar-refractivity contribution in [1.82, 2.24) is 19.6 Å². The Morgan fingerprint density at radius 2 is 2.00 bits per heavy atom. The molecule has 2 aromatic heterocycles. The third-order valence-corrected chi connectivity index (χ3v) is 5.45. The van der Waals surface area contributed by atoms with E-state index in [2.05, 4.69) is 16.2 Å². The van der Waals surface area contributed by atoms with Gasteiger partial charge in [-0.3, -0.25) is 14.4 Å². The number of ether oxygens (including phenoxy) is 1. The molecule has 158 valence electrons. The predicted molar refractivity (Wildman–Crippen MR) is 114 cm³/mol. The number of hydrogen-bond acceptors (Lipinski definition) is 5. The van der Waals surface area contributed by atoms with Gasteiger partial charge < -0.3 is 14.1 Å². The van der Waals surface area contributed by atoms with E-state index < -0.39 is 0 Å². The summed E-state index contributed by atoms with van der Waals surface area (Å²) in [6.07, 6.45) is 2.06. The third-order valence-electron chi connectivity index (χ3n) is 5.22. The molecule has 3 heterocycles. The van der Waals surface area contributed by atoms with Gasteiger partial charge in [-0.25, -0.2) is 0 Å². The van der Waals surface area contributed by atoms with Gasteiger partial charge in [0.1, 0.15) is 18.1 Å². The highest BCUT2D eigenvalue weighted by molar-refractivity contribution is 6.30. The summed E-state index contributed by atoms with van der Waals surface area (Å²) in [5.41, 5.74) is 2.28. The molecule has 1 saturated heterocycles. The second kappa shape index (κ2) is 8.93. The Kier molecular flexibility index (Phi) is 6.11. The van der Waals surface area contributed by atoms with Gasteiger partial charge in [-0.2, -0.15) is 5.10 Å². The number of hydrogen-bond donors (Lipinski definition) is 0. The van der Waals surface area contributed by atoms with Crippen LogP contribution in [0.2, 0.25) is 5.02 Å². The largest absolute Gasteiger partial charge is 0.486 e. The van der Waals surface area contributed by atoms with Crippen molar-refractivity contribution < 1.29 is 13.9 Å². The van der Waals surface area contributed by atoms with Crippen LogP contribution in [0.1, 0.15) is 27.6 Å². The summed E-state index contributed by atoms with van der Waals surface area (Å²) in [6.45, 7) is 6.12. The van der Waals surface area contributed by atoms with Crippen LogP contribution in [-0.2, 0) is 20.2 Å². The average Bonchev–Trinajstić information content (AvgIpc) is 3.33. The topological polar surface area (TPSA) is 63.7 Å². The van der Waals surface area contributed by atoms with E-state index in [4.69, 9.17) is 20.8 Å². The lowest BCUT2D eigenvalue weighted by Gasteiger charge is -2.34. The predicted octanol–water partition coefficient (Wildman–Crippen LogP) is 3.51. The van der Waals surface area contributed by atoms with Crippen LogP contribution in [0.4, 0.5) is 0 Å². The zero-order valence-corrected chi connectivity index (χ0v) is 17.9. The molecule has 1 aromatic carbocycles. The van der Waals surface area contributed by atoms with E-state index in [1.165, 1.54) is 5.56 Å². The Labute approximate surface area is 180 Å². The number of piperazine rings is 1. The molecule has 3 aromatic rings. The number of carbonyl (C=O) groups is 1. The second-order valence-electron chi connectivity index (χ2n) is 7.49. The lowest BCUT2D eigenvalue weighted by molar-refractivity contribution is 0.0594. The minimum atomic E-state index is -0.0822. The van der Waals surface area contributed by atoms with E-state index in [1.807, 2.05) is 35.7 Å². The number of furan rings is 1. The highest BCUT2D eigenvalue weighted by atomic mass is 35.5. The summed E-state index contributed by atoms with van der Waals surface area (Å²) in [5, 5.41) is 5.01. The van der Waals surface area contributed by atoms with Crippen molar-refractivity contribution in [3.05, 3.63) is 70.4 Å². The average molecular weight is 429 g/mol. The standard InChI is InChI=1S/C22H25ClN4O3/c1-16-17(13-25(2)24-16)14-26-8-10-27(11-9-26)22(28)21-7-6-20(30-21)15-29-19-5-3-4-18(23)12-19/h3-7,12-13H,8-11,14-15H2,1-2H3. The van der Waals surface area contributed by atoms with Gasteiger partial charge in [-0.05, 0) is 37.3 Å². The van der Waals surface area contributed by atoms with Crippen LogP contribution in [0.3, 0.4) is 0 Å². The van der Waals surface area contributed by atoms with Crippen molar-refractivity contribution in [2.75, 3.05) is 26.2 Å². The molecule has 0 N–H and O–H groups in total. The quantitative estimate of drug-likeness (QED) is 0.601. The maximum Gasteiger partial charge on any atom is 0.289 e. The minimum Gasteiger partial charge on any atom is -0.486 e. The molecular weight excluding hydrogens is 404 g/mol. The number of nitrogens with zero attached hydrogens (tertiary/aromatic N) is 4. The van der Waals surface area contributed by atoms with Crippen molar-refractivity contribution in [2.24, 2.45) is 7.05 Å². The first-order valence-electron chi connectivity index (χ1n) is 9.96. The number of aryl methyl sites for hydroxylation is 2. The van der Waals surface area contributed by atoms with E-state index in [0.29, 0.717) is 35.4 Å². The summed E-state index contributed by atoms with van der Waals surface area (Å²) in [4.78, 5) is 17.0. The molecule has 7 nitrogen and oxygen atoms in total. The molecule has 1 aliphatic rings. The minimum absolute atomic E-state index is 0.0822.